The highest BCUT2D eigenvalue weighted by Crippen LogP contribution is 2.40. The first kappa shape index (κ1) is 48.5. The summed E-state index contributed by atoms with van der Waals surface area (Å²) >= 11 is 0. The van der Waals surface area contributed by atoms with E-state index in [4.69, 9.17) is 45.6 Å². The van der Waals surface area contributed by atoms with Crippen molar-refractivity contribution in [1.29, 1.82) is 0 Å². The van der Waals surface area contributed by atoms with Gasteiger partial charge >= 0.3 is 0 Å². The Labute approximate surface area is 319 Å². The fourth-order valence-corrected chi connectivity index (χ4v) is 7.28. The average molecular weight is 783 g/mol. The van der Waals surface area contributed by atoms with E-state index in [2.05, 4.69) is 4.99 Å². The van der Waals surface area contributed by atoms with E-state index in [1.165, 1.54) is 6.92 Å². The zero-order valence-corrected chi connectivity index (χ0v) is 32.0. The number of guanidine groups is 1. The molecule has 3 aliphatic heterocycles. The third-order valence-electron chi connectivity index (χ3n) is 10.9. The fourth-order valence-electron chi connectivity index (χ4n) is 7.28. The average Bonchev–Trinajstić information content (AvgIpc) is 3.41. The summed E-state index contributed by atoms with van der Waals surface area (Å²) in [5.74, 6) is -1.39. The Morgan fingerprint density at radius 1 is 0.741 bits per heavy atom. The summed E-state index contributed by atoms with van der Waals surface area (Å²) in [5.41, 5.74) is 15.7. The standard InChI is InChI=1S/C28H50O13.C7H16N4O.CH4/c1-7-15-21(34)19(32)13(5)27(37-15)39-23-11(3)8-10(2)17(30)25(23)41-28-22(35)24(16(9-29)38-28)40-26-12(4)18(31)20(33)14(6)36-26;1-5(12)6(8)3-2-4-11-7(9)10;/h10-35H,7-9H2,1-6H3;6H,2-4,8H2,1H3,(H4,9,10,11);1H4. The van der Waals surface area contributed by atoms with Crippen LogP contribution in [-0.2, 0) is 33.2 Å². The molecule has 0 aromatic carbocycles. The molecule has 54 heavy (non-hydrogen) atoms. The number of nitrogens with two attached hydrogens (primary N) is 3. The highest BCUT2D eigenvalue weighted by molar-refractivity contribution is 5.81. The highest BCUT2D eigenvalue weighted by atomic mass is 16.8. The van der Waals surface area contributed by atoms with Crippen LogP contribution in [0, 0.1) is 23.7 Å². The second-order valence-corrected chi connectivity index (χ2v) is 15.2. The second kappa shape index (κ2) is 21.8. The first-order valence-electron chi connectivity index (χ1n) is 18.8. The third-order valence-corrected chi connectivity index (χ3v) is 10.9. The van der Waals surface area contributed by atoms with Gasteiger partial charge in [-0.15, -0.1) is 0 Å². The van der Waals surface area contributed by atoms with Crippen molar-refractivity contribution in [3.8, 4) is 0 Å². The molecular formula is C36H70N4O14. The number of ether oxygens (including phenoxy) is 6. The van der Waals surface area contributed by atoms with Gasteiger partial charge in [0.25, 0.3) is 0 Å². The summed E-state index contributed by atoms with van der Waals surface area (Å²) in [4.78, 5) is 14.4. The van der Waals surface area contributed by atoms with Crippen LogP contribution in [0.1, 0.15) is 81.6 Å². The first-order valence-corrected chi connectivity index (χ1v) is 18.8. The maximum absolute atomic E-state index is 11.2. The van der Waals surface area contributed by atoms with Gasteiger partial charge in [0.05, 0.1) is 49.3 Å². The predicted octanol–water partition coefficient (Wildman–Crippen LogP) is -1.56. The molecule has 20 atom stereocenters. The summed E-state index contributed by atoms with van der Waals surface area (Å²) in [6, 6.07) is -0.376. The van der Waals surface area contributed by atoms with Crippen LogP contribution in [0.3, 0.4) is 0 Å². The molecule has 0 spiro atoms. The summed E-state index contributed by atoms with van der Waals surface area (Å²) in [6.45, 7) is 12.1. The summed E-state index contributed by atoms with van der Waals surface area (Å²) in [5, 5.41) is 73.9. The van der Waals surface area contributed by atoms with Crippen molar-refractivity contribution in [2.24, 2.45) is 45.9 Å². The van der Waals surface area contributed by atoms with Crippen molar-refractivity contribution in [1.82, 2.24) is 0 Å². The minimum atomic E-state index is -1.39. The number of carbonyl (C=O) groups excluding carboxylic acids is 1. The molecule has 18 nitrogen and oxygen atoms in total. The number of nitrogens with zero attached hydrogens (tertiary/aromatic N) is 1. The number of Topliss-reactive ketones (excluding diaryl/α,β-unsaturated/α-hetero) is 1. The Hall–Kier alpha value is -1.62. The largest absolute Gasteiger partial charge is 0.394 e. The minimum Gasteiger partial charge on any atom is -0.394 e. The zero-order valence-electron chi connectivity index (χ0n) is 32.0. The molecule has 18 heteroatoms. The van der Waals surface area contributed by atoms with Crippen LogP contribution < -0.4 is 17.2 Å². The van der Waals surface area contributed by atoms with Crippen LogP contribution in [0.25, 0.3) is 0 Å². The number of aliphatic hydroxyl groups excluding tert-OH is 7. The minimum absolute atomic E-state index is 0. The Bertz CT molecular complexity index is 1150. The predicted molar refractivity (Wildman–Crippen MR) is 196 cm³/mol. The lowest BCUT2D eigenvalue weighted by atomic mass is 9.77. The summed E-state index contributed by atoms with van der Waals surface area (Å²) < 4.78 is 36.1. The maximum Gasteiger partial charge on any atom is 0.187 e. The van der Waals surface area contributed by atoms with Gasteiger partial charge in [-0.05, 0) is 51.4 Å². The molecule has 3 saturated heterocycles. The molecule has 13 N–H and O–H groups in total. The van der Waals surface area contributed by atoms with E-state index in [1.807, 2.05) is 20.8 Å². The van der Waals surface area contributed by atoms with Crippen LogP contribution in [0.2, 0.25) is 0 Å². The van der Waals surface area contributed by atoms with Crippen molar-refractivity contribution >= 4 is 11.7 Å². The third kappa shape index (κ3) is 12.0. The molecule has 4 fully saturated rings. The van der Waals surface area contributed by atoms with Crippen LogP contribution in [-0.4, -0.2) is 159 Å². The number of carbonyl (C=O) groups is 1. The van der Waals surface area contributed by atoms with Gasteiger partial charge in [-0.3, -0.25) is 9.79 Å². The monoisotopic (exact) mass is 782 g/mol. The van der Waals surface area contributed by atoms with Gasteiger partial charge in [-0.25, -0.2) is 0 Å². The normalized spacial score (nSPS) is 44.3. The molecule has 4 aliphatic rings. The number of aliphatic hydroxyl groups is 7. The topological polar surface area (TPSA) is 304 Å². The molecule has 0 aromatic rings. The number of aliphatic imine (C=N–C) groups is 1. The van der Waals surface area contributed by atoms with E-state index in [0.717, 1.165) is 6.42 Å². The van der Waals surface area contributed by atoms with Gasteiger partial charge < -0.3 is 81.4 Å². The lowest BCUT2D eigenvalue weighted by molar-refractivity contribution is -0.325. The molecule has 0 bridgehead atoms. The van der Waals surface area contributed by atoms with Gasteiger partial charge in [-0.2, -0.15) is 0 Å². The molecule has 0 amide bonds. The number of rotatable bonds is 13. The molecule has 1 saturated carbocycles. The Morgan fingerprint density at radius 3 is 1.83 bits per heavy atom. The molecule has 0 radical (unpaired) electrons. The van der Waals surface area contributed by atoms with Crippen molar-refractivity contribution in [2.45, 2.75) is 180 Å². The molecule has 0 aromatic heterocycles. The van der Waals surface area contributed by atoms with Gasteiger partial charge in [0, 0.05) is 18.4 Å². The van der Waals surface area contributed by atoms with E-state index in [-0.39, 0.29) is 37.0 Å². The van der Waals surface area contributed by atoms with Gasteiger partial charge in [0.15, 0.2) is 24.8 Å². The summed E-state index contributed by atoms with van der Waals surface area (Å²) in [6.07, 6.45) is -12.5. The SMILES string of the molecule is C.CC(=O)C(N)CCCN=C(N)N.CCC1OC(OC2C(C)CC(C)C(O)C2OC2OC(CO)C(OC3OC(C)C(O)C(O)C3C)C2O)C(C)C(O)C1O. The van der Waals surface area contributed by atoms with Crippen molar-refractivity contribution in [2.75, 3.05) is 13.2 Å². The number of ketones is 1. The Morgan fingerprint density at radius 2 is 1.28 bits per heavy atom. The quantitative estimate of drug-likeness (QED) is 0.0574. The van der Waals surface area contributed by atoms with Gasteiger partial charge in [0.1, 0.15) is 42.4 Å². The van der Waals surface area contributed by atoms with Crippen LogP contribution in [0.5, 0.6) is 0 Å². The molecule has 318 valence electrons. The molecular weight excluding hydrogens is 712 g/mol. The van der Waals surface area contributed by atoms with Gasteiger partial charge in [-0.1, -0.05) is 42.0 Å². The van der Waals surface area contributed by atoms with Crippen LogP contribution >= 0.6 is 0 Å². The van der Waals surface area contributed by atoms with E-state index < -0.39 is 111 Å². The maximum atomic E-state index is 11.2. The van der Waals surface area contributed by atoms with Crippen molar-refractivity contribution < 1.29 is 69.0 Å². The highest BCUT2D eigenvalue weighted by Gasteiger charge is 2.53. The van der Waals surface area contributed by atoms with Crippen molar-refractivity contribution in [3.05, 3.63) is 0 Å². The molecule has 20 unspecified atom stereocenters. The van der Waals surface area contributed by atoms with E-state index in [1.54, 1.807) is 20.8 Å². The molecule has 3 heterocycles. The molecule has 4 rings (SSSR count). The van der Waals surface area contributed by atoms with Crippen LogP contribution in [0.4, 0.5) is 0 Å². The molecule has 1 aliphatic carbocycles. The van der Waals surface area contributed by atoms with Gasteiger partial charge in [0.2, 0.25) is 0 Å². The lowest BCUT2D eigenvalue weighted by Gasteiger charge is -2.47. The second-order valence-electron chi connectivity index (χ2n) is 15.2. The Kier molecular flexibility index (Phi) is 19.6. The fraction of sp³-hybridized carbons (Fsp3) is 0.944. The van der Waals surface area contributed by atoms with E-state index >= 15 is 0 Å². The number of hydrogen-bond donors (Lipinski definition) is 10. The van der Waals surface area contributed by atoms with Crippen molar-refractivity contribution in [3.63, 3.8) is 0 Å². The van der Waals surface area contributed by atoms with E-state index in [0.29, 0.717) is 25.8 Å². The smallest absolute Gasteiger partial charge is 0.187 e. The van der Waals surface area contributed by atoms with Crippen LogP contribution in [0.15, 0.2) is 4.99 Å². The first-order chi connectivity index (χ1) is 24.8. The zero-order chi connectivity index (χ0) is 39.9. The Balaban J connectivity index is 0.000000669. The van der Waals surface area contributed by atoms with E-state index in [9.17, 15) is 40.5 Å². The lowest BCUT2D eigenvalue weighted by Crippen LogP contribution is -2.59. The summed E-state index contributed by atoms with van der Waals surface area (Å²) in [7, 11) is 0. The number of hydrogen-bond acceptors (Lipinski definition) is 16.